The summed E-state index contributed by atoms with van der Waals surface area (Å²) in [4.78, 5) is 4.33. The highest BCUT2D eigenvalue weighted by Gasteiger charge is 2.07. The van der Waals surface area contributed by atoms with Crippen LogP contribution in [0.25, 0.3) is 11.4 Å². The van der Waals surface area contributed by atoms with Gasteiger partial charge in [0.1, 0.15) is 6.33 Å². The number of nitrogens with zero attached hydrogens (tertiary/aromatic N) is 5. The number of rotatable bonds is 4. The van der Waals surface area contributed by atoms with Crippen molar-refractivity contribution in [3.8, 4) is 11.4 Å². The Morgan fingerprint density at radius 3 is 2.76 bits per heavy atom. The molecule has 3 rings (SSSR count). The average molecular weight is 282 g/mol. The summed E-state index contributed by atoms with van der Waals surface area (Å²) >= 11 is 0. The van der Waals surface area contributed by atoms with Crippen molar-refractivity contribution >= 4 is 5.69 Å². The highest BCUT2D eigenvalue weighted by atomic mass is 15.3. The normalized spacial score (nSPS) is 11.2. The first-order valence-corrected chi connectivity index (χ1v) is 6.91. The molecule has 2 N–H and O–H groups in total. The Hall–Kier alpha value is -2.63. The number of nitrogen functional groups attached to an aromatic ring is 1. The van der Waals surface area contributed by atoms with E-state index in [1.807, 2.05) is 41.2 Å². The van der Waals surface area contributed by atoms with Crippen LogP contribution < -0.4 is 5.73 Å². The van der Waals surface area contributed by atoms with Crippen molar-refractivity contribution in [1.82, 2.24) is 24.5 Å². The van der Waals surface area contributed by atoms with Crippen molar-refractivity contribution < 1.29 is 0 Å². The van der Waals surface area contributed by atoms with Gasteiger partial charge in [0.15, 0.2) is 5.82 Å². The lowest BCUT2D eigenvalue weighted by Gasteiger charge is -2.03. The molecule has 6 nitrogen and oxygen atoms in total. The Bertz CT molecular complexity index is 740. The molecule has 3 aromatic rings. The molecule has 6 heteroatoms. The highest BCUT2D eigenvalue weighted by Crippen LogP contribution is 2.17. The summed E-state index contributed by atoms with van der Waals surface area (Å²) in [6.07, 6.45) is 3.70. The van der Waals surface area contributed by atoms with Crippen LogP contribution in [0.2, 0.25) is 0 Å². The molecule has 0 aliphatic rings. The van der Waals surface area contributed by atoms with Crippen LogP contribution in [-0.2, 0) is 6.54 Å². The summed E-state index contributed by atoms with van der Waals surface area (Å²) in [6.45, 7) is 4.81. The zero-order valence-corrected chi connectivity index (χ0v) is 12.1. The molecule has 0 atom stereocenters. The number of nitrogens with two attached hydrogens (primary N) is 1. The minimum absolute atomic E-state index is 0.359. The van der Waals surface area contributed by atoms with Gasteiger partial charge in [0.25, 0.3) is 0 Å². The van der Waals surface area contributed by atoms with E-state index in [0.29, 0.717) is 24.1 Å². The van der Waals surface area contributed by atoms with E-state index in [4.69, 9.17) is 5.73 Å². The smallest absolute Gasteiger partial charge is 0.181 e. The highest BCUT2D eigenvalue weighted by molar-refractivity contribution is 5.60. The summed E-state index contributed by atoms with van der Waals surface area (Å²) in [6, 6.07) is 9.92. The summed E-state index contributed by atoms with van der Waals surface area (Å²) in [5.41, 5.74) is 8.37. The largest absolute Gasteiger partial charge is 0.399 e. The second-order valence-corrected chi connectivity index (χ2v) is 5.27. The molecule has 2 aromatic heterocycles. The number of benzene rings is 1. The van der Waals surface area contributed by atoms with Crippen LogP contribution in [0.4, 0.5) is 5.69 Å². The van der Waals surface area contributed by atoms with Crippen LogP contribution >= 0.6 is 0 Å². The second kappa shape index (κ2) is 5.40. The van der Waals surface area contributed by atoms with Crippen molar-refractivity contribution in [3.63, 3.8) is 0 Å². The van der Waals surface area contributed by atoms with Gasteiger partial charge in [0.2, 0.25) is 0 Å². The van der Waals surface area contributed by atoms with E-state index in [0.717, 1.165) is 11.3 Å². The first kappa shape index (κ1) is 13.4. The number of anilines is 1. The standard InChI is InChI=1S/C15H18N6/c1-11(2)21-7-6-14(18-21)9-20-10-17-15(19-20)12-4-3-5-13(16)8-12/h3-8,10-11H,9,16H2,1-2H3. The number of aromatic nitrogens is 5. The molecule has 0 amide bonds. The molecule has 21 heavy (non-hydrogen) atoms. The molecule has 0 saturated carbocycles. The van der Waals surface area contributed by atoms with Gasteiger partial charge >= 0.3 is 0 Å². The lowest BCUT2D eigenvalue weighted by Crippen LogP contribution is -2.05. The maximum atomic E-state index is 5.78. The summed E-state index contributed by atoms with van der Waals surface area (Å²) in [5, 5.41) is 8.98. The van der Waals surface area contributed by atoms with Crippen molar-refractivity contribution in [2.75, 3.05) is 5.73 Å². The van der Waals surface area contributed by atoms with Gasteiger partial charge in [-0.05, 0) is 32.0 Å². The minimum atomic E-state index is 0.359. The van der Waals surface area contributed by atoms with Gasteiger partial charge in [-0.3, -0.25) is 4.68 Å². The predicted molar refractivity (Wildman–Crippen MR) is 81.6 cm³/mol. The molecule has 0 radical (unpaired) electrons. The number of hydrogen-bond donors (Lipinski definition) is 1. The number of hydrogen-bond acceptors (Lipinski definition) is 4. The first-order chi connectivity index (χ1) is 10.1. The SMILES string of the molecule is CC(C)n1ccc(Cn2cnc(-c3cccc(N)c3)n2)n1. The summed E-state index contributed by atoms with van der Waals surface area (Å²) in [5.74, 6) is 0.672. The lowest BCUT2D eigenvalue weighted by molar-refractivity contribution is 0.521. The van der Waals surface area contributed by atoms with Gasteiger partial charge in [-0.25, -0.2) is 9.67 Å². The predicted octanol–water partition coefficient (Wildman–Crippen LogP) is 2.35. The van der Waals surface area contributed by atoms with E-state index in [-0.39, 0.29) is 0 Å². The zero-order chi connectivity index (χ0) is 14.8. The van der Waals surface area contributed by atoms with Gasteiger partial charge in [0.05, 0.1) is 12.2 Å². The van der Waals surface area contributed by atoms with Crippen LogP contribution in [0.5, 0.6) is 0 Å². The molecule has 0 unspecified atom stereocenters. The lowest BCUT2D eigenvalue weighted by atomic mass is 10.2. The molecule has 1 aromatic carbocycles. The van der Waals surface area contributed by atoms with Crippen molar-refractivity contribution in [3.05, 3.63) is 48.5 Å². The quantitative estimate of drug-likeness (QED) is 0.745. The van der Waals surface area contributed by atoms with Gasteiger partial charge < -0.3 is 5.73 Å². The van der Waals surface area contributed by atoms with Gasteiger partial charge in [-0.15, -0.1) is 0 Å². The van der Waals surface area contributed by atoms with E-state index in [9.17, 15) is 0 Å². The van der Waals surface area contributed by atoms with Crippen LogP contribution in [0.1, 0.15) is 25.6 Å². The Kier molecular flexibility index (Phi) is 3.43. The molecule has 108 valence electrons. The first-order valence-electron chi connectivity index (χ1n) is 6.91. The Morgan fingerprint density at radius 1 is 1.19 bits per heavy atom. The van der Waals surface area contributed by atoms with Crippen molar-refractivity contribution in [1.29, 1.82) is 0 Å². The molecule has 0 fully saturated rings. The molecule has 0 spiro atoms. The molecule has 0 aliphatic heterocycles. The van der Waals surface area contributed by atoms with E-state index >= 15 is 0 Å². The summed E-state index contributed by atoms with van der Waals surface area (Å²) < 4.78 is 3.72. The molecule has 0 saturated heterocycles. The van der Waals surface area contributed by atoms with Gasteiger partial charge in [-0.1, -0.05) is 12.1 Å². The van der Waals surface area contributed by atoms with Crippen LogP contribution in [0, 0.1) is 0 Å². The molecule has 0 aliphatic carbocycles. The fraction of sp³-hybridized carbons (Fsp3) is 0.267. The van der Waals surface area contributed by atoms with E-state index in [1.54, 1.807) is 11.0 Å². The van der Waals surface area contributed by atoms with Gasteiger partial charge in [-0.2, -0.15) is 10.2 Å². The minimum Gasteiger partial charge on any atom is -0.399 e. The monoisotopic (exact) mass is 282 g/mol. The third kappa shape index (κ3) is 2.94. The third-order valence-electron chi connectivity index (χ3n) is 3.20. The maximum Gasteiger partial charge on any atom is 0.181 e. The Labute approximate surface area is 123 Å². The Morgan fingerprint density at radius 2 is 2.05 bits per heavy atom. The fourth-order valence-electron chi connectivity index (χ4n) is 2.10. The topological polar surface area (TPSA) is 74.5 Å². The Balaban J connectivity index is 1.78. The van der Waals surface area contributed by atoms with Crippen LogP contribution in [-0.4, -0.2) is 24.5 Å². The van der Waals surface area contributed by atoms with Crippen molar-refractivity contribution in [2.45, 2.75) is 26.4 Å². The van der Waals surface area contributed by atoms with Gasteiger partial charge in [0, 0.05) is 23.5 Å². The molecule has 0 bridgehead atoms. The zero-order valence-electron chi connectivity index (χ0n) is 12.1. The van der Waals surface area contributed by atoms with E-state index in [2.05, 4.69) is 29.0 Å². The van der Waals surface area contributed by atoms with E-state index < -0.39 is 0 Å². The van der Waals surface area contributed by atoms with E-state index in [1.165, 1.54) is 0 Å². The van der Waals surface area contributed by atoms with Crippen molar-refractivity contribution in [2.24, 2.45) is 0 Å². The van der Waals surface area contributed by atoms with Crippen LogP contribution in [0.15, 0.2) is 42.9 Å². The second-order valence-electron chi connectivity index (χ2n) is 5.27. The molecular weight excluding hydrogens is 264 g/mol. The molecular formula is C15H18N6. The summed E-state index contributed by atoms with van der Waals surface area (Å²) in [7, 11) is 0. The third-order valence-corrected chi connectivity index (χ3v) is 3.20. The molecule has 2 heterocycles. The van der Waals surface area contributed by atoms with Crippen LogP contribution in [0.3, 0.4) is 0 Å². The maximum absolute atomic E-state index is 5.78. The average Bonchev–Trinajstić information content (AvgIpc) is 3.08. The fourth-order valence-corrected chi connectivity index (χ4v) is 2.10.